The number of hydrogen-bond acceptors (Lipinski definition) is 5. The number of hydrogen-bond donors (Lipinski definition) is 2. The number of halogens is 1. The molecule has 4 rings (SSSR count). The highest BCUT2D eigenvalue weighted by atomic mass is 35.5. The third-order valence-electron chi connectivity index (χ3n) is 4.30. The number of carbonyl (C=O) groups excluding carboxylic acids is 1. The number of H-pyrrole nitrogens is 1. The number of nitrogens with one attached hydrogen (secondary N) is 2. The van der Waals surface area contributed by atoms with E-state index in [9.17, 15) is 4.79 Å². The first-order valence-corrected chi connectivity index (χ1v) is 9.95. The van der Waals surface area contributed by atoms with Gasteiger partial charge in [-0.1, -0.05) is 35.5 Å². The number of rotatable bonds is 6. The van der Waals surface area contributed by atoms with E-state index in [2.05, 4.69) is 20.3 Å². The number of carbonyl (C=O) groups is 1. The molecule has 0 bridgehead atoms. The van der Waals surface area contributed by atoms with Crippen LogP contribution in [-0.4, -0.2) is 33.7 Å². The molecule has 142 valence electrons. The van der Waals surface area contributed by atoms with Crippen LogP contribution in [0.2, 0.25) is 5.02 Å². The summed E-state index contributed by atoms with van der Waals surface area (Å²) in [5, 5.41) is 5.28. The van der Waals surface area contributed by atoms with Crippen molar-refractivity contribution in [2.24, 2.45) is 0 Å². The number of methoxy groups -OCH3 is 1. The Balaban J connectivity index is 1.47. The van der Waals surface area contributed by atoms with Gasteiger partial charge in [0.1, 0.15) is 22.6 Å². The predicted molar refractivity (Wildman–Crippen MR) is 112 cm³/mol. The summed E-state index contributed by atoms with van der Waals surface area (Å²) in [6, 6.07) is 13.2. The second-order valence-electron chi connectivity index (χ2n) is 6.13. The molecule has 2 aromatic carbocycles. The van der Waals surface area contributed by atoms with Crippen LogP contribution in [0.25, 0.3) is 21.9 Å². The fourth-order valence-corrected chi connectivity index (χ4v) is 3.78. The molecule has 0 atom stereocenters. The van der Waals surface area contributed by atoms with Crippen molar-refractivity contribution in [3.8, 4) is 5.75 Å². The molecule has 0 spiro atoms. The molecule has 0 saturated carbocycles. The summed E-state index contributed by atoms with van der Waals surface area (Å²) in [4.78, 5) is 24.3. The average Bonchev–Trinajstić information content (AvgIpc) is 3.10. The van der Waals surface area contributed by atoms with E-state index in [4.69, 9.17) is 16.3 Å². The van der Waals surface area contributed by atoms with Gasteiger partial charge in [0.2, 0.25) is 5.91 Å². The van der Waals surface area contributed by atoms with Gasteiger partial charge < -0.3 is 15.0 Å². The molecule has 2 N–H and O–H groups in total. The maximum Gasteiger partial charge on any atom is 0.230 e. The Kier molecular flexibility index (Phi) is 5.36. The second-order valence-corrected chi connectivity index (χ2v) is 7.53. The Labute approximate surface area is 170 Å². The molecule has 0 aliphatic rings. The van der Waals surface area contributed by atoms with Crippen molar-refractivity contribution in [1.82, 2.24) is 20.3 Å². The highest BCUT2D eigenvalue weighted by Crippen LogP contribution is 2.31. The van der Waals surface area contributed by atoms with Gasteiger partial charge in [-0.25, -0.2) is 9.97 Å². The molecule has 2 aromatic heterocycles. The normalized spacial score (nSPS) is 11.1. The van der Waals surface area contributed by atoms with E-state index >= 15 is 0 Å². The Hall–Kier alpha value is -2.77. The Morgan fingerprint density at radius 3 is 2.82 bits per heavy atom. The number of benzene rings is 2. The summed E-state index contributed by atoms with van der Waals surface area (Å²) in [5.41, 5.74) is 3.58. The van der Waals surface area contributed by atoms with Crippen molar-refractivity contribution in [2.75, 3.05) is 12.9 Å². The van der Waals surface area contributed by atoms with Gasteiger partial charge in [0.15, 0.2) is 0 Å². The second kappa shape index (κ2) is 8.08. The number of fused-ring (bicyclic) bond motifs is 3. The molecule has 0 radical (unpaired) electrons. The zero-order valence-electron chi connectivity index (χ0n) is 15.0. The SMILES string of the molecule is COc1ccc2[nH]c3c(SCC(=O)NCc4ccc(Cl)cc4)ncnc3c2c1. The van der Waals surface area contributed by atoms with Crippen LogP contribution in [0.3, 0.4) is 0 Å². The van der Waals surface area contributed by atoms with Gasteiger partial charge in [-0.2, -0.15) is 0 Å². The van der Waals surface area contributed by atoms with Crippen LogP contribution >= 0.6 is 23.4 Å². The molecule has 8 heteroatoms. The van der Waals surface area contributed by atoms with Gasteiger partial charge in [0.25, 0.3) is 0 Å². The van der Waals surface area contributed by atoms with E-state index in [1.54, 1.807) is 19.2 Å². The van der Waals surface area contributed by atoms with E-state index in [-0.39, 0.29) is 11.7 Å². The topological polar surface area (TPSA) is 79.9 Å². The van der Waals surface area contributed by atoms with E-state index in [0.717, 1.165) is 38.3 Å². The number of aromatic amines is 1. The molecular weight excluding hydrogens is 396 g/mol. The zero-order chi connectivity index (χ0) is 19.5. The van der Waals surface area contributed by atoms with Gasteiger partial charge in [0, 0.05) is 22.5 Å². The Bertz CT molecular complexity index is 1140. The van der Waals surface area contributed by atoms with Crippen LogP contribution in [0.5, 0.6) is 5.75 Å². The third kappa shape index (κ3) is 3.90. The van der Waals surface area contributed by atoms with Gasteiger partial charge >= 0.3 is 0 Å². The average molecular weight is 413 g/mol. The molecule has 0 saturated heterocycles. The van der Waals surface area contributed by atoms with Gasteiger partial charge in [-0.3, -0.25) is 4.79 Å². The fourth-order valence-electron chi connectivity index (χ4n) is 2.87. The summed E-state index contributed by atoms with van der Waals surface area (Å²) in [6.45, 7) is 0.460. The lowest BCUT2D eigenvalue weighted by atomic mass is 10.2. The van der Waals surface area contributed by atoms with Crippen molar-refractivity contribution in [2.45, 2.75) is 11.6 Å². The largest absolute Gasteiger partial charge is 0.497 e. The van der Waals surface area contributed by atoms with Gasteiger partial charge in [0.05, 0.1) is 18.4 Å². The number of thioether (sulfide) groups is 1. The van der Waals surface area contributed by atoms with Gasteiger partial charge in [-0.05, 0) is 35.9 Å². The molecule has 4 aromatic rings. The molecule has 28 heavy (non-hydrogen) atoms. The van der Waals surface area contributed by atoms with E-state index in [1.807, 2.05) is 30.3 Å². The van der Waals surface area contributed by atoms with Crippen LogP contribution in [0.15, 0.2) is 53.8 Å². The van der Waals surface area contributed by atoms with E-state index < -0.39 is 0 Å². The van der Waals surface area contributed by atoms with Crippen molar-refractivity contribution in [1.29, 1.82) is 0 Å². The summed E-state index contributed by atoms with van der Waals surface area (Å²) >= 11 is 7.25. The molecule has 0 unspecified atom stereocenters. The smallest absolute Gasteiger partial charge is 0.230 e. The zero-order valence-corrected chi connectivity index (χ0v) is 16.6. The van der Waals surface area contributed by atoms with Crippen molar-refractivity contribution >= 4 is 51.2 Å². The van der Waals surface area contributed by atoms with Crippen LogP contribution in [0.4, 0.5) is 0 Å². The summed E-state index contributed by atoms with van der Waals surface area (Å²) in [6.07, 6.45) is 1.52. The number of aromatic nitrogens is 3. The number of amides is 1. The van der Waals surface area contributed by atoms with Crippen LogP contribution in [-0.2, 0) is 11.3 Å². The van der Waals surface area contributed by atoms with E-state index in [0.29, 0.717) is 11.6 Å². The quantitative estimate of drug-likeness (QED) is 0.367. The molecule has 6 nitrogen and oxygen atoms in total. The summed E-state index contributed by atoms with van der Waals surface area (Å²) in [7, 11) is 1.63. The maximum atomic E-state index is 12.2. The van der Waals surface area contributed by atoms with Crippen molar-refractivity contribution in [3.63, 3.8) is 0 Å². The molecule has 0 aliphatic carbocycles. The Morgan fingerprint density at radius 2 is 2.04 bits per heavy atom. The molecular formula is C20H17ClN4O2S. The number of ether oxygens (including phenoxy) is 1. The first-order chi connectivity index (χ1) is 13.6. The summed E-state index contributed by atoms with van der Waals surface area (Å²) in [5.74, 6) is 0.963. The predicted octanol–water partition coefficient (Wildman–Crippen LogP) is 4.18. The first-order valence-electron chi connectivity index (χ1n) is 8.58. The molecule has 0 fully saturated rings. The fraction of sp³-hybridized carbons (Fsp3) is 0.150. The maximum absolute atomic E-state index is 12.2. The number of nitrogens with zero attached hydrogens (tertiary/aromatic N) is 2. The lowest BCUT2D eigenvalue weighted by molar-refractivity contribution is -0.118. The summed E-state index contributed by atoms with van der Waals surface area (Å²) < 4.78 is 5.30. The first kappa shape index (κ1) is 18.6. The lowest BCUT2D eigenvalue weighted by Gasteiger charge is -2.05. The standard InChI is InChI=1S/C20H17ClN4O2S/c1-27-14-6-7-16-15(8-14)18-19(25-16)20(24-11-23-18)28-10-17(26)22-9-12-2-4-13(21)5-3-12/h2-8,11,25H,9-10H2,1H3,(H,22,26). The van der Waals surface area contributed by atoms with Gasteiger partial charge in [-0.15, -0.1) is 0 Å². The molecule has 2 heterocycles. The minimum atomic E-state index is -0.0653. The van der Waals surface area contributed by atoms with Crippen molar-refractivity contribution < 1.29 is 9.53 Å². The minimum absolute atomic E-state index is 0.0653. The molecule has 0 aliphatic heterocycles. The third-order valence-corrected chi connectivity index (χ3v) is 5.54. The Morgan fingerprint density at radius 1 is 1.21 bits per heavy atom. The lowest BCUT2D eigenvalue weighted by Crippen LogP contribution is -2.24. The molecule has 1 amide bonds. The highest BCUT2D eigenvalue weighted by Gasteiger charge is 2.13. The minimum Gasteiger partial charge on any atom is -0.497 e. The van der Waals surface area contributed by atoms with Crippen LogP contribution in [0.1, 0.15) is 5.56 Å². The monoisotopic (exact) mass is 412 g/mol. The highest BCUT2D eigenvalue weighted by molar-refractivity contribution is 8.00. The van der Waals surface area contributed by atoms with Crippen LogP contribution < -0.4 is 10.1 Å². The van der Waals surface area contributed by atoms with Crippen LogP contribution in [0, 0.1) is 0 Å². The van der Waals surface area contributed by atoms with E-state index in [1.165, 1.54) is 18.1 Å². The van der Waals surface area contributed by atoms with Crippen molar-refractivity contribution in [3.05, 3.63) is 59.4 Å².